The van der Waals surface area contributed by atoms with Crippen LogP contribution >= 0.6 is 0 Å². The van der Waals surface area contributed by atoms with Crippen LogP contribution in [0.25, 0.3) is 0 Å². The first-order valence-corrected chi connectivity index (χ1v) is 12.5. The summed E-state index contributed by atoms with van der Waals surface area (Å²) < 4.78 is 12.4. The molecule has 1 saturated carbocycles. The minimum atomic E-state index is -0.732. The van der Waals surface area contributed by atoms with Crippen LogP contribution in [0.1, 0.15) is 84.1 Å². The summed E-state index contributed by atoms with van der Waals surface area (Å²) in [5, 5.41) is 13.0. The van der Waals surface area contributed by atoms with E-state index in [0.717, 1.165) is 57.2 Å². The lowest BCUT2D eigenvalue weighted by Crippen LogP contribution is -2.42. The van der Waals surface area contributed by atoms with Crippen molar-refractivity contribution < 1.29 is 24.4 Å². The number of hydrogen-bond donors (Lipinski definition) is 2. The van der Waals surface area contributed by atoms with Crippen molar-refractivity contribution >= 4 is 0 Å². The Morgan fingerprint density at radius 1 is 1.30 bits per heavy atom. The van der Waals surface area contributed by atoms with E-state index in [4.69, 9.17) is 19.2 Å². The monoisotopic (exact) mass is 461 g/mol. The predicted molar refractivity (Wildman–Crippen MR) is 130 cm³/mol. The molecule has 1 spiro atoms. The summed E-state index contributed by atoms with van der Waals surface area (Å²) in [7, 11) is 0. The van der Waals surface area contributed by atoms with Gasteiger partial charge in [0.15, 0.2) is 0 Å². The zero-order valence-electron chi connectivity index (χ0n) is 20.9. The van der Waals surface area contributed by atoms with Gasteiger partial charge in [0.25, 0.3) is 0 Å². The Kier molecular flexibility index (Phi) is 8.98. The summed E-state index contributed by atoms with van der Waals surface area (Å²) in [4.78, 5) is 11.7. The molecule has 0 bridgehead atoms. The molecule has 33 heavy (non-hydrogen) atoms. The third-order valence-corrected chi connectivity index (χ3v) is 6.78. The fourth-order valence-electron chi connectivity index (χ4n) is 4.93. The highest BCUT2D eigenvalue weighted by Crippen LogP contribution is 2.50. The highest BCUT2D eigenvalue weighted by molar-refractivity contribution is 5.30. The lowest BCUT2D eigenvalue weighted by Gasteiger charge is -2.37. The van der Waals surface area contributed by atoms with Crippen LogP contribution in [0.15, 0.2) is 36.9 Å². The van der Waals surface area contributed by atoms with Crippen molar-refractivity contribution in [3.05, 3.63) is 42.5 Å². The maximum atomic E-state index is 9.72. The molecule has 2 unspecified atom stereocenters. The van der Waals surface area contributed by atoms with Crippen molar-refractivity contribution in [3.8, 4) is 5.75 Å². The molecule has 0 aromatic heterocycles. The normalized spacial score (nSPS) is 28.7. The summed E-state index contributed by atoms with van der Waals surface area (Å²) in [5.74, 6) is 0.0639. The highest BCUT2D eigenvalue weighted by atomic mass is 17.3. The Labute approximate surface area is 199 Å². The average molecular weight is 462 g/mol. The van der Waals surface area contributed by atoms with Crippen LogP contribution in [-0.4, -0.2) is 42.0 Å². The SMILES string of the molecule is C=CCC(CC)[C@@]1(C)OO[C@@]2(CCCC(c3ccc(OCCCNCC(C)(C)O)cc3)C2)O1. The molecule has 1 aromatic rings. The molecule has 0 radical (unpaired) electrons. The van der Waals surface area contributed by atoms with E-state index < -0.39 is 17.2 Å². The summed E-state index contributed by atoms with van der Waals surface area (Å²) in [6.45, 7) is 13.7. The molecule has 0 amide bonds. The molecular weight excluding hydrogens is 418 g/mol. The molecule has 6 nitrogen and oxygen atoms in total. The van der Waals surface area contributed by atoms with Gasteiger partial charge in [-0.1, -0.05) is 25.1 Å². The van der Waals surface area contributed by atoms with Crippen molar-refractivity contribution in [2.45, 2.75) is 95.7 Å². The molecule has 1 saturated heterocycles. The fraction of sp³-hybridized carbons (Fsp3) is 0.704. The summed E-state index contributed by atoms with van der Waals surface area (Å²) >= 11 is 0. The zero-order chi connectivity index (χ0) is 24.0. The Bertz CT molecular complexity index is 746. The van der Waals surface area contributed by atoms with Gasteiger partial charge in [0.05, 0.1) is 12.2 Å². The van der Waals surface area contributed by atoms with Crippen molar-refractivity contribution in [2.75, 3.05) is 19.7 Å². The smallest absolute Gasteiger partial charge is 0.205 e. The van der Waals surface area contributed by atoms with Crippen LogP contribution in [0.4, 0.5) is 0 Å². The van der Waals surface area contributed by atoms with E-state index in [9.17, 15) is 5.11 Å². The highest BCUT2D eigenvalue weighted by Gasteiger charge is 2.54. The van der Waals surface area contributed by atoms with Gasteiger partial charge in [-0.3, -0.25) is 0 Å². The number of nitrogens with one attached hydrogen (secondary N) is 1. The number of rotatable bonds is 12. The van der Waals surface area contributed by atoms with Crippen molar-refractivity contribution in [3.63, 3.8) is 0 Å². The minimum Gasteiger partial charge on any atom is -0.494 e. The summed E-state index contributed by atoms with van der Waals surface area (Å²) in [6, 6.07) is 8.42. The Hall–Kier alpha value is -1.44. The van der Waals surface area contributed by atoms with Gasteiger partial charge in [0.1, 0.15) is 5.75 Å². The van der Waals surface area contributed by atoms with E-state index in [1.807, 2.05) is 13.0 Å². The second kappa shape index (κ2) is 11.3. The standard InChI is InChI=1S/C27H43NO5/c1-6-10-23(7-2)26(5)31-27(33-32-26)16-8-11-22(19-27)21-12-14-24(15-13-21)30-18-9-17-28-20-25(3,4)29/h6,12-15,22-23,28-29H,1,7-11,16-20H2,2-5H3/t22?,23?,26-,27-/m1/s1. The molecule has 1 aliphatic carbocycles. The van der Waals surface area contributed by atoms with Gasteiger partial charge >= 0.3 is 0 Å². The zero-order valence-corrected chi connectivity index (χ0v) is 20.9. The lowest BCUT2D eigenvalue weighted by molar-refractivity contribution is -0.359. The van der Waals surface area contributed by atoms with Crippen molar-refractivity contribution in [1.82, 2.24) is 5.32 Å². The first-order valence-electron chi connectivity index (χ1n) is 12.5. The van der Waals surface area contributed by atoms with Crippen molar-refractivity contribution in [2.24, 2.45) is 5.92 Å². The first kappa shape index (κ1) is 26.2. The van der Waals surface area contributed by atoms with Crippen LogP contribution in [0, 0.1) is 5.92 Å². The average Bonchev–Trinajstić information content (AvgIpc) is 3.10. The predicted octanol–water partition coefficient (Wildman–Crippen LogP) is 5.47. The molecule has 3 rings (SSSR count). The van der Waals surface area contributed by atoms with Crippen LogP contribution in [0.2, 0.25) is 0 Å². The lowest BCUT2D eigenvalue weighted by atomic mass is 9.80. The number of aliphatic hydroxyl groups is 1. The fourth-order valence-corrected chi connectivity index (χ4v) is 4.93. The molecule has 186 valence electrons. The Morgan fingerprint density at radius 2 is 2.06 bits per heavy atom. The van der Waals surface area contributed by atoms with Crippen molar-refractivity contribution in [1.29, 1.82) is 0 Å². The second-order valence-corrected chi connectivity index (χ2v) is 10.4. The van der Waals surface area contributed by atoms with Crippen LogP contribution in [-0.2, 0) is 14.5 Å². The molecule has 4 atom stereocenters. The molecule has 2 N–H and O–H groups in total. The second-order valence-electron chi connectivity index (χ2n) is 10.4. The van der Waals surface area contributed by atoms with E-state index in [1.54, 1.807) is 13.8 Å². The summed E-state index contributed by atoms with van der Waals surface area (Å²) in [5.41, 5.74) is 0.601. The van der Waals surface area contributed by atoms with Gasteiger partial charge in [-0.2, -0.15) is 9.78 Å². The maximum Gasteiger partial charge on any atom is 0.205 e. The Balaban J connectivity index is 1.50. The molecular formula is C27H43NO5. The van der Waals surface area contributed by atoms with E-state index >= 15 is 0 Å². The molecule has 6 heteroatoms. The van der Waals surface area contributed by atoms with Gasteiger partial charge < -0.3 is 19.9 Å². The maximum absolute atomic E-state index is 9.72. The van der Waals surface area contributed by atoms with Crippen LogP contribution < -0.4 is 10.1 Å². The number of ether oxygens (including phenoxy) is 2. The van der Waals surface area contributed by atoms with E-state index in [2.05, 4.69) is 43.1 Å². The number of allylic oxidation sites excluding steroid dienone is 1. The summed E-state index contributed by atoms with van der Waals surface area (Å²) in [6.07, 6.45) is 8.40. The number of benzene rings is 1. The van der Waals surface area contributed by atoms with E-state index in [1.165, 1.54) is 5.56 Å². The molecule has 1 aromatic carbocycles. The first-order chi connectivity index (χ1) is 15.7. The molecule has 1 aliphatic heterocycles. The minimum absolute atomic E-state index is 0.219. The van der Waals surface area contributed by atoms with Crippen LogP contribution in [0.3, 0.4) is 0 Å². The van der Waals surface area contributed by atoms with Gasteiger partial charge in [-0.25, -0.2) is 0 Å². The Morgan fingerprint density at radius 3 is 2.73 bits per heavy atom. The number of hydrogen-bond acceptors (Lipinski definition) is 6. The third kappa shape index (κ3) is 7.27. The topological polar surface area (TPSA) is 69.2 Å². The molecule has 1 heterocycles. The molecule has 2 aliphatic rings. The van der Waals surface area contributed by atoms with Crippen LogP contribution in [0.5, 0.6) is 5.75 Å². The third-order valence-electron chi connectivity index (χ3n) is 6.78. The van der Waals surface area contributed by atoms with E-state index in [-0.39, 0.29) is 5.92 Å². The van der Waals surface area contributed by atoms with Gasteiger partial charge in [0, 0.05) is 25.3 Å². The quantitative estimate of drug-likeness (QED) is 0.244. The van der Waals surface area contributed by atoms with Gasteiger partial charge in [-0.15, -0.1) is 6.58 Å². The van der Waals surface area contributed by atoms with Gasteiger partial charge in [0.2, 0.25) is 11.6 Å². The molecule has 2 fully saturated rings. The largest absolute Gasteiger partial charge is 0.494 e. The van der Waals surface area contributed by atoms with E-state index in [0.29, 0.717) is 19.1 Å². The van der Waals surface area contributed by atoms with Gasteiger partial charge in [-0.05, 0) is 83.0 Å².